The van der Waals surface area contributed by atoms with Gasteiger partial charge in [-0.05, 0) is 26.7 Å². The Labute approximate surface area is 273 Å². The molecule has 0 saturated carbocycles. The van der Waals surface area contributed by atoms with E-state index in [1.165, 1.54) is 93.9 Å². The number of unbranched alkanes of at least 4 members (excludes halogenated alkanes) is 13. The lowest BCUT2D eigenvalue weighted by Crippen LogP contribution is -2.29. The van der Waals surface area contributed by atoms with Crippen LogP contribution < -0.4 is 11.2 Å². The van der Waals surface area contributed by atoms with Crippen LogP contribution in [-0.4, -0.2) is 54.6 Å². The van der Waals surface area contributed by atoms with Crippen LogP contribution in [-0.2, 0) is 34.4 Å². The zero-order valence-corrected chi connectivity index (χ0v) is 29.3. The summed E-state index contributed by atoms with van der Waals surface area (Å²) < 4.78 is 40.7. The minimum atomic E-state index is -3.70. The van der Waals surface area contributed by atoms with E-state index in [0.29, 0.717) is 19.6 Å². The van der Waals surface area contributed by atoms with E-state index in [0.717, 1.165) is 12.8 Å². The maximum atomic E-state index is 13.3. The van der Waals surface area contributed by atoms with E-state index in [1.807, 2.05) is 0 Å². The summed E-state index contributed by atoms with van der Waals surface area (Å²) in [6, 6.07) is 0. The molecule has 1 rings (SSSR count). The Morgan fingerprint density at radius 3 is 2.04 bits per heavy atom. The minimum absolute atomic E-state index is 0.0691. The third kappa shape index (κ3) is 22.3. The number of aromatic nitrogens is 2. The second-order valence-electron chi connectivity index (χ2n) is 11.4. The van der Waals surface area contributed by atoms with Crippen molar-refractivity contribution in [2.45, 2.75) is 130 Å². The number of hydrogen-bond acceptors (Lipinski definition) is 9. The van der Waals surface area contributed by atoms with Gasteiger partial charge >= 0.3 is 19.4 Å². The van der Waals surface area contributed by atoms with Crippen molar-refractivity contribution in [3.63, 3.8) is 0 Å². The van der Waals surface area contributed by atoms with Crippen LogP contribution in [0.2, 0.25) is 5.02 Å². The molecule has 1 unspecified atom stereocenters. The Kier molecular flexibility index (Phi) is 23.9. The van der Waals surface area contributed by atoms with Crippen molar-refractivity contribution in [1.29, 1.82) is 0 Å². The molecule has 1 N–H and O–H groups in total. The first-order valence-electron chi connectivity index (χ1n) is 16.6. The molecule has 1 aromatic heterocycles. The SMILES string of the molecule is CCCCCCCCCCCCCCCCOCCCOP(=O)(C/C=C\Cn1cc(Cl)c(=O)[nH]c1=O)OCOC(=O)OC(C)C. The van der Waals surface area contributed by atoms with E-state index in [9.17, 15) is 18.9 Å². The van der Waals surface area contributed by atoms with E-state index in [4.69, 9.17) is 34.9 Å². The zero-order chi connectivity index (χ0) is 33.2. The van der Waals surface area contributed by atoms with E-state index in [1.54, 1.807) is 19.9 Å². The number of halogens is 1. The summed E-state index contributed by atoms with van der Waals surface area (Å²) in [6.45, 7) is 6.31. The van der Waals surface area contributed by atoms with Crippen LogP contribution in [0.1, 0.15) is 117 Å². The monoisotopic (exact) mass is 678 g/mol. The van der Waals surface area contributed by atoms with Crippen LogP contribution in [0.3, 0.4) is 0 Å². The molecule has 0 aliphatic heterocycles. The molecule has 45 heavy (non-hydrogen) atoms. The fourth-order valence-electron chi connectivity index (χ4n) is 4.40. The summed E-state index contributed by atoms with van der Waals surface area (Å²) in [4.78, 5) is 37.1. The van der Waals surface area contributed by atoms with Gasteiger partial charge in [-0.1, -0.05) is 114 Å². The van der Waals surface area contributed by atoms with Gasteiger partial charge in [0.25, 0.3) is 5.56 Å². The van der Waals surface area contributed by atoms with Crippen molar-refractivity contribution in [2.75, 3.05) is 32.8 Å². The van der Waals surface area contributed by atoms with Crippen molar-refractivity contribution in [3.8, 4) is 0 Å². The molecule has 0 bridgehead atoms. The summed E-state index contributed by atoms with van der Waals surface area (Å²) in [5.41, 5.74) is -1.30. The van der Waals surface area contributed by atoms with Gasteiger partial charge in [-0.15, -0.1) is 0 Å². The summed E-state index contributed by atoms with van der Waals surface area (Å²) in [5.74, 6) is 0. The maximum Gasteiger partial charge on any atom is 0.510 e. The highest BCUT2D eigenvalue weighted by Gasteiger charge is 2.24. The van der Waals surface area contributed by atoms with Gasteiger partial charge in [0.2, 0.25) is 6.79 Å². The maximum absolute atomic E-state index is 13.3. The van der Waals surface area contributed by atoms with Crippen LogP contribution in [0.4, 0.5) is 4.79 Å². The second kappa shape index (κ2) is 26.2. The molecule has 1 aromatic rings. The van der Waals surface area contributed by atoms with Gasteiger partial charge in [0.1, 0.15) is 5.02 Å². The van der Waals surface area contributed by atoms with Crippen molar-refractivity contribution in [3.05, 3.63) is 44.2 Å². The van der Waals surface area contributed by atoms with E-state index < -0.39 is 31.8 Å². The highest BCUT2D eigenvalue weighted by atomic mass is 35.5. The van der Waals surface area contributed by atoms with E-state index in [-0.39, 0.29) is 30.4 Å². The Morgan fingerprint density at radius 1 is 0.867 bits per heavy atom. The fraction of sp³-hybridized carbons (Fsp3) is 0.781. The van der Waals surface area contributed by atoms with Gasteiger partial charge in [-0.3, -0.25) is 23.4 Å². The Bertz CT molecular complexity index is 1110. The normalized spacial score (nSPS) is 13.0. The van der Waals surface area contributed by atoms with Gasteiger partial charge in [0, 0.05) is 26.0 Å². The molecule has 0 aromatic carbocycles. The van der Waals surface area contributed by atoms with Gasteiger partial charge < -0.3 is 18.7 Å². The van der Waals surface area contributed by atoms with Gasteiger partial charge in [0.05, 0.1) is 18.9 Å². The second-order valence-corrected chi connectivity index (χ2v) is 13.9. The lowest BCUT2D eigenvalue weighted by molar-refractivity contribution is -0.0130. The van der Waals surface area contributed by atoms with Gasteiger partial charge in [0.15, 0.2) is 0 Å². The summed E-state index contributed by atoms with van der Waals surface area (Å²) in [7, 11) is -3.70. The van der Waals surface area contributed by atoms with E-state index in [2.05, 4.69) is 11.9 Å². The smallest absolute Gasteiger partial charge is 0.432 e. The molecule has 0 amide bonds. The molecule has 0 spiro atoms. The predicted molar refractivity (Wildman–Crippen MR) is 178 cm³/mol. The van der Waals surface area contributed by atoms with Crippen molar-refractivity contribution in [2.24, 2.45) is 0 Å². The number of rotatable bonds is 28. The number of H-pyrrole nitrogens is 1. The largest absolute Gasteiger partial charge is 0.510 e. The molecule has 11 nitrogen and oxygen atoms in total. The van der Waals surface area contributed by atoms with Crippen LogP contribution in [0.15, 0.2) is 27.9 Å². The summed E-state index contributed by atoms with van der Waals surface area (Å²) >= 11 is 5.78. The fourth-order valence-corrected chi connectivity index (χ4v) is 5.88. The molecule has 0 saturated heterocycles. The predicted octanol–water partition coefficient (Wildman–Crippen LogP) is 8.38. The number of allylic oxidation sites excluding steroid dienone is 2. The highest BCUT2D eigenvalue weighted by Crippen LogP contribution is 2.48. The van der Waals surface area contributed by atoms with Crippen LogP contribution >= 0.6 is 19.2 Å². The Morgan fingerprint density at radius 2 is 1.44 bits per heavy atom. The number of ether oxygens (including phenoxy) is 3. The Hall–Kier alpha value is -1.91. The average Bonchev–Trinajstić information content (AvgIpc) is 2.98. The third-order valence-electron chi connectivity index (χ3n) is 6.89. The first-order valence-corrected chi connectivity index (χ1v) is 18.7. The standard InChI is InChI=1S/C32H56ClN2O9P/c1-4-5-6-7-8-9-10-11-12-13-14-15-16-18-22-40-23-20-24-42-45(39,43-27-41-32(38)44-28(2)3)25-19-17-21-35-26-29(33)30(36)34-31(35)37/h17,19,26,28H,4-16,18,20-25,27H2,1-3H3,(H,34,36,37)/b19-17-. The lowest BCUT2D eigenvalue weighted by atomic mass is 10.0. The quantitative estimate of drug-likeness (QED) is 0.0305. The molecule has 13 heteroatoms. The molecule has 1 heterocycles. The summed E-state index contributed by atoms with van der Waals surface area (Å²) in [5, 5.41) is -0.127. The Balaban J connectivity index is 2.26. The number of nitrogens with one attached hydrogen (secondary N) is 1. The van der Waals surface area contributed by atoms with Crippen molar-refractivity contribution >= 4 is 25.4 Å². The first kappa shape index (κ1) is 41.1. The van der Waals surface area contributed by atoms with Gasteiger partial charge in [-0.2, -0.15) is 0 Å². The average molecular weight is 679 g/mol. The molecular formula is C32H56ClN2O9P. The number of nitrogens with zero attached hydrogens (tertiary/aromatic N) is 1. The van der Waals surface area contributed by atoms with Crippen molar-refractivity contribution in [1.82, 2.24) is 9.55 Å². The van der Waals surface area contributed by atoms with Crippen molar-refractivity contribution < 1.29 is 32.6 Å². The van der Waals surface area contributed by atoms with Crippen LogP contribution in [0, 0.1) is 0 Å². The number of carbonyl (C=O) groups excluding carboxylic acids is 1. The molecule has 0 aliphatic rings. The first-order chi connectivity index (χ1) is 21.7. The molecular weight excluding hydrogens is 623 g/mol. The van der Waals surface area contributed by atoms with E-state index >= 15 is 0 Å². The number of carbonyl (C=O) groups is 1. The number of aromatic amines is 1. The molecule has 1 atom stereocenters. The molecule has 0 radical (unpaired) electrons. The molecule has 260 valence electrons. The third-order valence-corrected chi connectivity index (χ3v) is 8.89. The van der Waals surface area contributed by atoms with Gasteiger partial charge in [-0.25, -0.2) is 9.59 Å². The zero-order valence-electron chi connectivity index (χ0n) is 27.6. The van der Waals surface area contributed by atoms with Crippen LogP contribution in [0.25, 0.3) is 0 Å². The highest BCUT2D eigenvalue weighted by molar-refractivity contribution is 7.54. The molecule has 0 aliphatic carbocycles. The minimum Gasteiger partial charge on any atom is -0.432 e. The lowest BCUT2D eigenvalue weighted by Gasteiger charge is -2.17. The molecule has 0 fully saturated rings. The van der Waals surface area contributed by atoms with Crippen LogP contribution in [0.5, 0.6) is 0 Å². The number of hydrogen-bond donors (Lipinski definition) is 1. The summed E-state index contributed by atoms with van der Waals surface area (Å²) in [6.07, 6.45) is 21.7. The topological polar surface area (TPSA) is 135 Å².